The molecule has 1 amide bonds. The smallest absolute Gasteiger partial charge is 0.246 e. The van der Waals surface area contributed by atoms with Gasteiger partial charge in [0, 0.05) is 23.7 Å². The van der Waals surface area contributed by atoms with Gasteiger partial charge in [-0.25, -0.2) is 8.42 Å². The quantitative estimate of drug-likeness (QED) is 0.641. The number of hydrogen-bond acceptors (Lipinski definition) is 6. The predicted molar refractivity (Wildman–Crippen MR) is 113 cm³/mol. The Labute approximate surface area is 175 Å². The number of amides is 1. The number of benzene rings is 2. The second-order valence-corrected chi connectivity index (χ2v) is 9.22. The summed E-state index contributed by atoms with van der Waals surface area (Å²) < 4.78 is 38.4. The van der Waals surface area contributed by atoms with Crippen LogP contribution in [0.2, 0.25) is 0 Å². The van der Waals surface area contributed by atoms with Gasteiger partial charge >= 0.3 is 0 Å². The fraction of sp³-hybridized carbons (Fsp3) is 0.350. The van der Waals surface area contributed by atoms with Gasteiger partial charge in [0.2, 0.25) is 15.9 Å². The van der Waals surface area contributed by atoms with Crippen LogP contribution in [0.3, 0.4) is 0 Å². The number of ether oxygens (including phenoxy) is 2. The Morgan fingerprint density at radius 2 is 1.90 bits per heavy atom. The number of sulfonamides is 1. The lowest BCUT2D eigenvalue weighted by Gasteiger charge is -2.27. The lowest BCUT2D eigenvalue weighted by molar-refractivity contribution is -0.113. The summed E-state index contributed by atoms with van der Waals surface area (Å²) in [7, 11) is -3.76. The average Bonchev–Trinajstić information content (AvgIpc) is 2.75. The molecule has 156 valence electrons. The van der Waals surface area contributed by atoms with Gasteiger partial charge in [0.25, 0.3) is 0 Å². The number of morpholine rings is 1. The third-order valence-corrected chi connectivity index (χ3v) is 7.16. The van der Waals surface area contributed by atoms with E-state index in [1.54, 1.807) is 19.1 Å². The zero-order chi connectivity index (χ0) is 20.7. The number of nitrogens with zero attached hydrogens (tertiary/aromatic N) is 1. The molecule has 1 aliphatic heterocycles. The first-order valence-electron chi connectivity index (χ1n) is 9.33. The molecule has 29 heavy (non-hydrogen) atoms. The Morgan fingerprint density at radius 1 is 1.17 bits per heavy atom. The number of carbonyl (C=O) groups is 1. The van der Waals surface area contributed by atoms with Gasteiger partial charge in [0.05, 0.1) is 25.6 Å². The Morgan fingerprint density at radius 3 is 2.59 bits per heavy atom. The summed E-state index contributed by atoms with van der Waals surface area (Å²) in [6, 6.07) is 14.3. The van der Waals surface area contributed by atoms with Gasteiger partial charge in [0.1, 0.15) is 10.6 Å². The Kier molecular flexibility index (Phi) is 7.54. The summed E-state index contributed by atoms with van der Waals surface area (Å²) in [5.74, 6) is 0.288. The first kappa shape index (κ1) is 21.6. The summed E-state index contributed by atoms with van der Waals surface area (Å²) in [5, 5.41) is 2.77. The van der Waals surface area contributed by atoms with E-state index in [9.17, 15) is 13.2 Å². The first-order chi connectivity index (χ1) is 14.0. The van der Waals surface area contributed by atoms with E-state index >= 15 is 0 Å². The van der Waals surface area contributed by atoms with Crippen LogP contribution in [0, 0.1) is 0 Å². The molecule has 0 radical (unpaired) electrons. The van der Waals surface area contributed by atoms with Crippen molar-refractivity contribution in [2.24, 2.45) is 0 Å². The van der Waals surface area contributed by atoms with Crippen LogP contribution in [0.1, 0.15) is 6.92 Å². The number of thioether (sulfide) groups is 1. The molecular weight excluding hydrogens is 412 g/mol. The monoisotopic (exact) mass is 436 g/mol. The largest absolute Gasteiger partial charge is 0.492 e. The fourth-order valence-electron chi connectivity index (χ4n) is 2.85. The molecule has 0 atom stereocenters. The highest BCUT2D eigenvalue weighted by atomic mass is 32.2. The van der Waals surface area contributed by atoms with E-state index in [0.717, 1.165) is 4.90 Å². The zero-order valence-electron chi connectivity index (χ0n) is 16.2. The van der Waals surface area contributed by atoms with Crippen molar-refractivity contribution in [2.75, 3.05) is 44.0 Å². The van der Waals surface area contributed by atoms with E-state index in [1.807, 2.05) is 30.3 Å². The standard InChI is InChI=1S/C20H24N2O5S2/c1-2-27-18-9-8-16(21-20(23)15-28-17-6-4-3-5-7-17)14-19(18)29(24,25)22-10-12-26-13-11-22/h3-9,14H,2,10-13,15H2,1H3,(H,21,23). The molecule has 2 aromatic carbocycles. The van der Waals surface area contributed by atoms with Crippen LogP contribution in [-0.2, 0) is 19.6 Å². The van der Waals surface area contributed by atoms with Crippen molar-refractivity contribution in [3.05, 3.63) is 48.5 Å². The van der Waals surface area contributed by atoms with Crippen LogP contribution in [0.4, 0.5) is 5.69 Å². The van der Waals surface area contributed by atoms with Crippen LogP contribution < -0.4 is 10.1 Å². The van der Waals surface area contributed by atoms with Crippen molar-refractivity contribution in [3.8, 4) is 5.75 Å². The van der Waals surface area contributed by atoms with E-state index in [2.05, 4.69) is 5.32 Å². The molecule has 0 unspecified atom stereocenters. The van der Waals surface area contributed by atoms with Crippen molar-refractivity contribution in [2.45, 2.75) is 16.7 Å². The van der Waals surface area contributed by atoms with Crippen LogP contribution in [0.25, 0.3) is 0 Å². The topological polar surface area (TPSA) is 84.9 Å². The minimum atomic E-state index is -3.76. The first-order valence-corrected chi connectivity index (χ1v) is 11.8. The van der Waals surface area contributed by atoms with Crippen LogP contribution >= 0.6 is 11.8 Å². The number of hydrogen-bond donors (Lipinski definition) is 1. The number of carbonyl (C=O) groups excluding carboxylic acids is 1. The van der Waals surface area contributed by atoms with Crippen molar-refractivity contribution >= 4 is 33.4 Å². The molecule has 1 saturated heterocycles. The van der Waals surface area contributed by atoms with E-state index in [0.29, 0.717) is 25.5 Å². The third-order valence-electron chi connectivity index (χ3n) is 4.23. The molecule has 9 heteroatoms. The molecule has 0 spiro atoms. The van der Waals surface area contributed by atoms with Crippen molar-refractivity contribution in [1.29, 1.82) is 0 Å². The molecule has 1 heterocycles. The molecule has 3 rings (SSSR count). The van der Waals surface area contributed by atoms with Crippen LogP contribution in [0.5, 0.6) is 5.75 Å². The van der Waals surface area contributed by atoms with Gasteiger partial charge in [-0.3, -0.25) is 4.79 Å². The summed E-state index contributed by atoms with van der Waals surface area (Å²) >= 11 is 1.41. The maximum absolute atomic E-state index is 13.1. The summed E-state index contributed by atoms with van der Waals surface area (Å²) in [4.78, 5) is 13.4. The molecule has 1 aliphatic rings. The zero-order valence-corrected chi connectivity index (χ0v) is 17.8. The third kappa shape index (κ3) is 5.72. The highest BCUT2D eigenvalue weighted by molar-refractivity contribution is 8.00. The molecule has 0 bridgehead atoms. The van der Waals surface area contributed by atoms with Gasteiger partial charge in [0.15, 0.2) is 0 Å². The summed E-state index contributed by atoms with van der Waals surface area (Å²) in [5.41, 5.74) is 0.416. The van der Waals surface area contributed by atoms with Crippen LogP contribution in [0.15, 0.2) is 58.3 Å². The predicted octanol–water partition coefficient (Wildman–Crippen LogP) is 2.84. The number of rotatable bonds is 8. The summed E-state index contributed by atoms with van der Waals surface area (Å²) in [6.45, 7) is 3.43. The van der Waals surface area contributed by atoms with E-state index in [1.165, 1.54) is 22.1 Å². The molecule has 0 saturated carbocycles. The van der Waals surface area contributed by atoms with Crippen molar-refractivity contribution in [3.63, 3.8) is 0 Å². The average molecular weight is 437 g/mol. The second-order valence-electron chi connectivity index (χ2n) is 6.26. The Bertz CT molecular complexity index is 929. The van der Waals surface area contributed by atoms with E-state index < -0.39 is 10.0 Å². The molecule has 7 nitrogen and oxygen atoms in total. The minimum absolute atomic E-state index is 0.0507. The number of nitrogens with one attached hydrogen (secondary N) is 1. The molecule has 0 aliphatic carbocycles. The van der Waals surface area contributed by atoms with Crippen LogP contribution in [-0.4, -0.2) is 57.3 Å². The maximum atomic E-state index is 13.1. The fourth-order valence-corrected chi connectivity index (χ4v) is 5.14. The summed E-state index contributed by atoms with van der Waals surface area (Å²) in [6.07, 6.45) is 0. The normalized spacial score (nSPS) is 15.1. The molecular formula is C20H24N2O5S2. The van der Waals surface area contributed by atoms with Gasteiger partial charge < -0.3 is 14.8 Å². The second kappa shape index (κ2) is 10.1. The van der Waals surface area contributed by atoms with E-state index in [4.69, 9.17) is 9.47 Å². The van der Waals surface area contributed by atoms with Crippen molar-refractivity contribution in [1.82, 2.24) is 4.31 Å². The minimum Gasteiger partial charge on any atom is -0.492 e. The van der Waals surface area contributed by atoms with Gasteiger partial charge in [-0.1, -0.05) is 18.2 Å². The Balaban J connectivity index is 1.76. The number of anilines is 1. The van der Waals surface area contributed by atoms with Crippen molar-refractivity contribution < 1.29 is 22.7 Å². The lowest BCUT2D eigenvalue weighted by Crippen LogP contribution is -2.40. The maximum Gasteiger partial charge on any atom is 0.246 e. The highest BCUT2D eigenvalue weighted by Gasteiger charge is 2.29. The molecule has 2 aromatic rings. The van der Waals surface area contributed by atoms with Gasteiger partial charge in [-0.15, -0.1) is 11.8 Å². The van der Waals surface area contributed by atoms with Gasteiger partial charge in [-0.05, 0) is 37.3 Å². The molecule has 0 aromatic heterocycles. The van der Waals surface area contributed by atoms with E-state index in [-0.39, 0.29) is 35.4 Å². The highest BCUT2D eigenvalue weighted by Crippen LogP contribution is 2.30. The Hall–Kier alpha value is -2.07. The molecule has 1 fully saturated rings. The lowest BCUT2D eigenvalue weighted by atomic mass is 10.3. The molecule has 1 N–H and O–H groups in total. The SMILES string of the molecule is CCOc1ccc(NC(=O)CSc2ccccc2)cc1S(=O)(=O)N1CCOCC1. The van der Waals surface area contributed by atoms with Gasteiger partial charge in [-0.2, -0.15) is 4.31 Å².